The van der Waals surface area contributed by atoms with E-state index in [1.165, 1.54) is 13.2 Å². The number of hydrogen-bond acceptors (Lipinski definition) is 4. The summed E-state index contributed by atoms with van der Waals surface area (Å²) in [5.41, 5.74) is 1.49. The zero-order chi connectivity index (χ0) is 16.8. The van der Waals surface area contributed by atoms with Crippen LogP contribution in [0.15, 0.2) is 51.7 Å². The highest BCUT2D eigenvalue weighted by atomic mass is 19.1. The SMILES string of the molecule is COc1cc2c(=O)c3c(C)nn(-c4ccccc4)c3oc2cc1F. The molecule has 4 rings (SSSR count). The summed E-state index contributed by atoms with van der Waals surface area (Å²) in [5.74, 6) is -0.586. The number of methoxy groups -OCH3 is 1. The number of fused-ring (bicyclic) bond motifs is 2. The van der Waals surface area contributed by atoms with Crippen molar-refractivity contribution in [1.29, 1.82) is 0 Å². The van der Waals surface area contributed by atoms with E-state index < -0.39 is 5.82 Å². The smallest absolute Gasteiger partial charge is 0.234 e. The van der Waals surface area contributed by atoms with Gasteiger partial charge in [0.1, 0.15) is 11.0 Å². The molecule has 0 spiro atoms. The first-order valence-corrected chi connectivity index (χ1v) is 7.35. The minimum Gasteiger partial charge on any atom is -0.494 e. The summed E-state index contributed by atoms with van der Waals surface area (Å²) in [6.45, 7) is 1.74. The van der Waals surface area contributed by atoms with Gasteiger partial charge in [0.2, 0.25) is 11.1 Å². The Morgan fingerprint density at radius 2 is 1.96 bits per heavy atom. The molecule has 0 unspecified atom stereocenters. The van der Waals surface area contributed by atoms with Crippen molar-refractivity contribution in [3.8, 4) is 11.4 Å². The van der Waals surface area contributed by atoms with E-state index in [1.54, 1.807) is 11.6 Å². The van der Waals surface area contributed by atoms with E-state index in [-0.39, 0.29) is 22.1 Å². The maximum atomic E-state index is 14.0. The number of benzene rings is 2. The molecule has 5 nitrogen and oxygen atoms in total. The van der Waals surface area contributed by atoms with Crippen molar-refractivity contribution in [3.63, 3.8) is 0 Å². The van der Waals surface area contributed by atoms with E-state index in [0.717, 1.165) is 11.8 Å². The Hall–Kier alpha value is -3.15. The van der Waals surface area contributed by atoms with Gasteiger partial charge in [-0.3, -0.25) is 4.79 Å². The van der Waals surface area contributed by atoms with Crippen LogP contribution >= 0.6 is 0 Å². The first-order valence-electron chi connectivity index (χ1n) is 7.35. The highest BCUT2D eigenvalue weighted by Crippen LogP contribution is 2.27. The van der Waals surface area contributed by atoms with Crippen LogP contribution in [0.2, 0.25) is 0 Å². The van der Waals surface area contributed by atoms with Crippen LogP contribution in [-0.4, -0.2) is 16.9 Å². The number of aryl methyl sites for hydroxylation is 1. The molecule has 2 aromatic heterocycles. The first-order chi connectivity index (χ1) is 11.6. The van der Waals surface area contributed by atoms with E-state index in [1.807, 2.05) is 30.3 Å². The second-order valence-electron chi connectivity index (χ2n) is 5.43. The van der Waals surface area contributed by atoms with Crippen LogP contribution in [0.25, 0.3) is 27.8 Å². The Kier molecular flexibility index (Phi) is 3.13. The maximum Gasteiger partial charge on any atom is 0.234 e. The Bertz CT molecular complexity index is 1130. The fourth-order valence-corrected chi connectivity index (χ4v) is 2.80. The second kappa shape index (κ2) is 5.19. The number of rotatable bonds is 2. The van der Waals surface area contributed by atoms with Crippen LogP contribution in [0.4, 0.5) is 4.39 Å². The van der Waals surface area contributed by atoms with E-state index in [2.05, 4.69) is 5.10 Å². The van der Waals surface area contributed by atoms with Gasteiger partial charge in [-0.15, -0.1) is 0 Å². The Morgan fingerprint density at radius 3 is 2.67 bits per heavy atom. The molecule has 2 heterocycles. The van der Waals surface area contributed by atoms with Crippen LogP contribution in [0, 0.1) is 12.7 Å². The van der Waals surface area contributed by atoms with Gasteiger partial charge in [0.25, 0.3) is 0 Å². The van der Waals surface area contributed by atoms with Crippen molar-refractivity contribution < 1.29 is 13.5 Å². The number of hydrogen-bond donors (Lipinski definition) is 0. The highest BCUT2D eigenvalue weighted by molar-refractivity contribution is 5.91. The highest BCUT2D eigenvalue weighted by Gasteiger charge is 2.19. The number of halogens is 1. The molecule has 0 aliphatic carbocycles. The number of ether oxygens (including phenoxy) is 1. The van der Waals surface area contributed by atoms with Crippen molar-refractivity contribution in [2.45, 2.75) is 6.92 Å². The fraction of sp³-hybridized carbons (Fsp3) is 0.111. The molecule has 4 aromatic rings. The van der Waals surface area contributed by atoms with Crippen LogP contribution in [0.3, 0.4) is 0 Å². The molecule has 0 radical (unpaired) electrons. The summed E-state index contributed by atoms with van der Waals surface area (Å²) in [5, 5.41) is 5.04. The third kappa shape index (κ3) is 2.00. The Morgan fingerprint density at radius 1 is 1.21 bits per heavy atom. The van der Waals surface area contributed by atoms with Crippen molar-refractivity contribution in [3.05, 3.63) is 64.2 Å². The molecule has 0 aliphatic heterocycles. The van der Waals surface area contributed by atoms with Gasteiger partial charge in [-0.25, -0.2) is 4.39 Å². The van der Waals surface area contributed by atoms with Crippen LogP contribution in [-0.2, 0) is 0 Å². The average Bonchev–Trinajstić information content (AvgIpc) is 2.92. The summed E-state index contributed by atoms with van der Waals surface area (Å²) >= 11 is 0. The standard InChI is InChI=1S/C18H13FN2O3/c1-10-16-17(22)12-8-15(23-2)13(19)9-14(12)24-18(16)21(20-10)11-6-4-3-5-7-11/h3-9H,1-2H3. The van der Waals surface area contributed by atoms with Crippen molar-refractivity contribution in [1.82, 2.24) is 9.78 Å². The Balaban J connectivity index is 2.14. The van der Waals surface area contributed by atoms with Gasteiger partial charge in [-0.2, -0.15) is 9.78 Å². The van der Waals surface area contributed by atoms with Gasteiger partial charge in [0, 0.05) is 6.07 Å². The molecule has 0 saturated heterocycles. The minimum atomic E-state index is -0.588. The lowest BCUT2D eigenvalue weighted by molar-refractivity contribution is 0.387. The van der Waals surface area contributed by atoms with Crippen LogP contribution in [0.5, 0.6) is 5.75 Å². The number of nitrogens with zero attached hydrogens (tertiary/aromatic N) is 2. The Labute approximate surface area is 135 Å². The molecule has 0 amide bonds. The second-order valence-corrected chi connectivity index (χ2v) is 5.43. The molecule has 0 aliphatic rings. The summed E-state index contributed by atoms with van der Waals surface area (Å²) in [7, 11) is 1.35. The van der Waals surface area contributed by atoms with Gasteiger partial charge in [0.15, 0.2) is 11.6 Å². The topological polar surface area (TPSA) is 57.3 Å². The molecule has 0 bridgehead atoms. The lowest BCUT2D eigenvalue weighted by atomic mass is 10.1. The molecule has 6 heteroatoms. The molecule has 0 fully saturated rings. The maximum absolute atomic E-state index is 14.0. The van der Waals surface area contributed by atoms with Crippen molar-refractivity contribution in [2.75, 3.05) is 7.11 Å². The average molecular weight is 324 g/mol. The van der Waals surface area contributed by atoms with Gasteiger partial charge >= 0.3 is 0 Å². The predicted octanol–water partition coefficient (Wildman–Crippen LogP) is 3.59. The summed E-state index contributed by atoms with van der Waals surface area (Å²) in [6, 6.07) is 11.8. The van der Waals surface area contributed by atoms with E-state index in [4.69, 9.17) is 9.15 Å². The van der Waals surface area contributed by atoms with Gasteiger partial charge in [-0.05, 0) is 25.1 Å². The zero-order valence-corrected chi connectivity index (χ0v) is 13.0. The lowest BCUT2D eigenvalue weighted by Crippen LogP contribution is -2.04. The monoisotopic (exact) mass is 324 g/mol. The van der Waals surface area contributed by atoms with Gasteiger partial charge in [0.05, 0.1) is 23.9 Å². The minimum absolute atomic E-state index is 0.00209. The van der Waals surface area contributed by atoms with Gasteiger partial charge in [-0.1, -0.05) is 18.2 Å². The normalized spacial score (nSPS) is 11.3. The van der Waals surface area contributed by atoms with Crippen LogP contribution < -0.4 is 10.2 Å². The summed E-state index contributed by atoms with van der Waals surface area (Å²) in [4.78, 5) is 12.8. The predicted molar refractivity (Wildman–Crippen MR) is 88.4 cm³/mol. The van der Waals surface area contributed by atoms with E-state index >= 15 is 0 Å². The quantitative estimate of drug-likeness (QED) is 0.565. The zero-order valence-electron chi connectivity index (χ0n) is 13.0. The number of aromatic nitrogens is 2. The van der Waals surface area contributed by atoms with E-state index in [0.29, 0.717) is 16.8 Å². The molecule has 0 N–H and O–H groups in total. The van der Waals surface area contributed by atoms with Gasteiger partial charge < -0.3 is 9.15 Å². The number of para-hydroxylation sites is 1. The fourth-order valence-electron chi connectivity index (χ4n) is 2.80. The molecule has 0 saturated carbocycles. The third-order valence-corrected chi connectivity index (χ3v) is 3.95. The van der Waals surface area contributed by atoms with E-state index in [9.17, 15) is 9.18 Å². The third-order valence-electron chi connectivity index (χ3n) is 3.95. The molecule has 2 aromatic carbocycles. The first kappa shape index (κ1) is 14.4. The van der Waals surface area contributed by atoms with Crippen molar-refractivity contribution in [2.24, 2.45) is 0 Å². The molecular formula is C18H13FN2O3. The van der Waals surface area contributed by atoms with Crippen molar-refractivity contribution >= 4 is 22.1 Å². The molecule has 0 atom stereocenters. The summed E-state index contributed by atoms with van der Waals surface area (Å²) < 4.78 is 26.3. The molecule has 24 heavy (non-hydrogen) atoms. The lowest BCUT2D eigenvalue weighted by Gasteiger charge is -2.05. The summed E-state index contributed by atoms with van der Waals surface area (Å²) in [6.07, 6.45) is 0. The molecule has 120 valence electrons. The van der Waals surface area contributed by atoms with Crippen LogP contribution in [0.1, 0.15) is 5.69 Å². The molecular weight excluding hydrogens is 311 g/mol. The largest absolute Gasteiger partial charge is 0.494 e.